The van der Waals surface area contributed by atoms with E-state index in [0.29, 0.717) is 11.0 Å². The Bertz CT molecular complexity index is 525. The normalized spacial score (nSPS) is 10.6. The molecule has 0 fully saturated rings. The van der Waals surface area contributed by atoms with Gasteiger partial charge in [0.25, 0.3) is 0 Å². The Kier molecular flexibility index (Phi) is 4.47. The summed E-state index contributed by atoms with van der Waals surface area (Å²) < 4.78 is 15.2. The number of thiophene rings is 1. The van der Waals surface area contributed by atoms with E-state index in [2.05, 4.69) is 37.2 Å². The highest BCUT2D eigenvalue weighted by atomic mass is 79.9. The lowest BCUT2D eigenvalue weighted by Gasteiger charge is -2.06. The number of halogens is 4. The molecule has 0 aliphatic carbocycles. The van der Waals surface area contributed by atoms with Gasteiger partial charge in [0, 0.05) is 26.1 Å². The average molecular weight is 400 g/mol. The first-order valence-corrected chi connectivity index (χ1v) is 7.47. The van der Waals surface area contributed by atoms with Crippen LogP contribution in [0.2, 0.25) is 4.34 Å². The zero-order chi connectivity index (χ0) is 12.4. The van der Waals surface area contributed by atoms with Crippen LogP contribution in [0.1, 0.15) is 4.88 Å². The second-order valence-corrected chi connectivity index (χ2v) is 6.76. The van der Waals surface area contributed by atoms with E-state index < -0.39 is 0 Å². The van der Waals surface area contributed by atoms with Gasteiger partial charge in [-0.15, -0.1) is 11.3 Å². The van der Waals surface area contributed by atoms with Gasteiger partial charge >= 0.3 is 0 Å². The van der Waals surface area contributed by atoms with Crippen LogP contribution in [-0.4, -0.2) is 0 Å². The van der Waals surface area contributed by atoms with E-state index >= 15 is 0 Å². The van der Waals surface area contributed by atoms with Crippen LogP contribution in [0.5, 0.6) is 0 Å². The molecule has 1 nitrogen and oxygen atoms in total. The molecule has 0 saturated heterocycles. The van der Waals surface area contributed by atoms with Gasteiger partial charge in [0.2, 0.25) is 0 Å². The summed E-state index contributed by atoms with van der Waals surface area (Å²) in [5.41, 5.74) is 0.854. The molecule has 0 amide bonds. The van der Waals surface area contributed by atoms with Crippen LogP contribution >= 0.6 is 54.8 Å². The van der Waals surface area contributed by atoms with Crippen molar-refractivity contribution < 1.29 is 4.39 Å². The summed E-state index contributed by atoms with van der Waals surface area (Å²) in [5, 5.41) is 3.21. The Morgan fingerprint density at radius 1 is 1.24 bits per heavy atom. The highest BCUT2D eigenvalue weighted by molar-refractivity contribution is 9.11. The molecular weight excluding hydrogens is 392 g/mol. The van der Waals surface area contributed by atoms with E-state index in [4.69, 9.17) is 11.6 Å². The van der Waals surface area contributed by atoms with Gasteiger partial charge in [-0.1, -0.05) is 11.6 Å². The van der Waals surface area contributed by atoms with Crippen molar-refractivity contribution in [2.45, 2.75) is 6.54 Å². The number of hydrogen-bond donors (Lipinski definition) is 1. The molecule has 0 saturated carbocycles. The molecule has 90 valence electrons. The summed E-state index contributed by atoms with van der Waals surface area (Å²) in [6.45, 7) is 0.653. The Balaban J connectivity index is 2.07. The minimum absolute atomic E-state index is 0.260. The molecule has 1 heterocycles. The molecule has 2 rings (SSSR count). The molecule has 0 atom stereocenters. The number of hydrogen-bond acceptors (Lipinski definition) is 2. The van der Waals surface area contributed by atoms with E-state index in [-0.39, 0.29) is 5.82 Å². The van der Waals surface area contributed by atoms with Gasteiger partial charge in [-0.3, -0.25) is 0 Å². The number of rotatable bonds is 3. The van der Waals surface area contributed by atoms with Gasteiger partial charge < -0.3 is 5.32 Å². The first-order valence-electron chi connectivity index (χ1n) is 4.69. The van der Waals surface area contributed by atoms with Crippen molar-refractivity contribution in [2.24, 2.45) is 0 Å². The SMILES string of the molecule is Fc1ccc(NCc2cc(Br)c(Cl)s2)c(Br)c1. The van der Waals surface area contributed by atoms with Crippen molar-refractivity contribution in [1.82, 2.24) is 0 Å². The van der Waals surface area contributed by atoms with Crippen LogP contribution in [0.4, 0.5) is 10.1 Å². The molecule has 0 aliphatic rings. The van der Waals surface area contributed by atoms with Gasteiger partial charge in [-0.2, -0.15) is 0 Å². The molecule has 17 heavy (non-hydrogen) atoms. The summed E-state index contributed by atoms with van der Waals surface area (Å²) in [6, 6.07) is 6.52. The third kappa shape index (κ3) is 3.44. The second kappa shape index (κ2) is 5.69. The third-order valence-corrected chi connectivity index (χ3v) is 5.21. The summed E-state index contributed by atoms with van der Waals surface area (Å²) in [4.78, 5) is 1.11. The Hall–Kier alpha value is -0.100. The van der Waals surface area contributed by atoms with E-state index in [1.165, 1.54) is 23.5 Å². The maximum Gasteiger partial charge on any atom is 0.124 e. The van der Waals surface area contributed by atoms with Gasteiger partial charge in [0.05, 0.1) is 0 Å². The van der Waals surface area contributed by atoms with Crippen molar-refractivity contribution in [2.75, 3.05) is 5.32 Å². The van der Waals surface area contributed by atoms with E-state index in [1.54, 1.807) is 6.07 Å². The lowest BCUT2D eigenvalue weighted by atomic mass is 10.3. The highest BCUT2D eigenvalue weighted by Gasteiger charge is 2.05. The lowest BCUT2D eigenvalue weighted by Crippen LogP contribution is -1.98. The Morgan fingerprint density at radius 3 is 2.59 bits per heavy atom. The third-order valence-electron chi connectivity index (χ3n) is 2.08. The van der Waals surface area contributed by atoms with Gasteiger partial charge in [-0.05, 0) is 56.1 Å². The summed E-state index contributed by atoms with van der Waals surface area (Å²) in [5.74, 6) is -0.260. The molecule has 2 aromatic rings. The predicted molar refractivity (Wildman–Crippen MR) is 78.5 cm³/mol. The van der Waals surface area contributed by atoms with Gasteiger partial charge in [0.1, 0.15) is 10.2 Å². The Labute approximate surface area is 124 Å². The van der Waals surface area contributed by atoms with E-state index in [0.717, 1.165) is 19.4 Å². The minimum atomic E-state index is -0.260. The monoisotopic (exact) mass is 397 g/mol. The molecule has 0 aliphatic heterocycles. The minimum Gasteiger partial charge on any atom is -0.379 e. The molecular formula is C11H7Br2ClFNS. The molecule has 6 heteroatoms. The standard InChI is InChI=1S/C11H7Br2ClFNS/c12-8-3-6(15)1-2-10(8)16-5-7-4-9(13)11(14)17-7/h1-4,16H,5H2. The highest BCUT2D eigenvalue weighted by Crippen LogP contribution is 2.32. The molecule has 1 N–H and O–H groups in total. The average Bonchev–Trinajstić information content (AvgIpc) is 2.57. The first-order chi connectivity index (χ1) is 8.06. The zero-order valence-electron chi connectivity index (χ0n) is 8.44. The van der Waals surface area contributed by atoms with Crippen LogP contribution in [0.3, 0.4) is 0 Å². The fraction of sp³-hybridized carbons (Fsp3) is 0.0909. The van der Waals surface area contributed by atoms with E-state index in [9.17, 15) is 4.39 Å². The molecule has 0 radical (unpaired) electrons. The van der Waals surface area contributed by atoms with Crippen molar-refractivity contribution in [1.29, 1.82) is 0 Å². The molecule has 0 bridgehead atoms. The smallest absolute Gasteiger partial charge is 0.124 e. The molecule has 1 aromatic carbocycles. The largest absolute Gasteiger partial charge is 0.379 e. The predicted octanol–water partition coefficient (Wildman–Crippen LogP) is 5.68. The summed E-state index contributed by atoms with van der Waals surface area (Å²) >= 11 is 14.1. The van der Waals surface area contributed by atoms with Crippen LogP contribution in [-0.2, 0) is 6.54 Å². The van der Waals surface area contributed by atoms with Crippen LogP contribution in [0, 0.1) is 5.82 Å². The number of anilines is 1. The molecule has 0 unspecified atom stereocenters. The topological polar surface area (TPSA) is 12.0 Å². The molecule has 0 spiro atoms. The van der Waals surface area contributed by atoms with Crippen molar-refractivity contribution in [3.05, 3.63) is 48.2 Å². The number of benzene rings is 1. The quantitative estimate of drug-likeness (QED) is 0.700. The lowest BCUT2D eigenvalue weighted by molar-refractivity contribution is 0.627. The summed E-state index contributed by atoms with van der Waals surface area (Å²) in [7, 11) is 0. The molecule has 1 aromatic heterocycles. The van der Waals surface area contributed by atoms with Crippen LogP contribution in [0.15, 0.2) is 33.2 Å². The van der Waals surface area contributed by atoms with Crippen molar-refractivity contribution in [3.63, 3.8) is 0 Å². The Morgan fingerprint density at radius 2 is 2.00 bits per heavy atom. The van der Waals surface area contributed by atoms with Crippen LogP contribution < -0.4 is 5.32 Å². The van der Waals surface area contributed by atoms with E-state index in [1.807, 2.05) is 6.07 Å². The van der Waals surface area contributed by atoms with Crippen LogP contribution in [0.25, 0.3) is 0 Å². The fourth-order valence-electron chi connectivity index (χ4n) is 1.29. The maximum absolute atomic E-state index is 12.9. The van der Waals surface area contributed by atoms with Crippen molar-refractivity contribution >= 4 is 60.5 Å². The summed E-state index contributed by atoms with van der Waals surface area (Å²) in [6.07, 6.45) is 0. The second-order valence-electron chi connectivity index (χ2n) is 3.31. The zero-order valence-corrected chi connectivity index (χ0v) is 13.2. The maximum atomic E-state index is 12.9. The van der Waals surface area contributed by atoms with Crippen molar-refractivity contribution in [3.8, 4) is 0 Å². The van der Waals surface area contributed by atoms with Gasteiger partial charge in [0.15, 0.2) is 0 Å². The fourth-order valence-corrected chi connectivity index (χ4v) is 3.51. The number of nitrogens with one attached hydrogen (secondary N) is 1. The first kappa shape index (κ1) is 13.3. The van der Waals surface area contributed by atoms with Gasteiger partial charge in [-0.25, -0.2) is 4.39 Å².